The van der Waals surface area contributed by atoms with Crippen LogP contribution in [-0.4, -0.2) is 43.2 Å². The van der Waals surface area contributed by atoms with E-state index >= 15 is 0 Å². The van der Waals surface area contributed by atoms with Crippen LogP contribution in [0, 0.1) is 12.7 Å². The number of carboxylic acids is 1. The van der Waals surface area contributed by atoms with Crippen molar-refractivity contribution in [2.24, 2.45) is 0 Å². The summed E-state index contributed by atoms with van der Waals surface area (Å²) < 4.78 is 14.8. The van der Waals surface area contributed by atoms with Gasteiger partial charge in [0.15, 0.2) is 0 Å². The number of hydrogen-bond donors (Lipinski definition) is 2. The van der Waals surface area contributed by atoms with Gasteiger partial charge in [0.2, 0.25) is 5.91 Å². The summed E-state index contributed by atoms with van der Waals surface area (Å²) in [4.78, 5) is 23.3. The molecule has 1 heterocycles. The Morgan fingerprint density at radius 3 is 2.76 bits per heavy atom. The number of tetrazole rings is 1. The summed E-state index contributed by atoms with van der Waals surface area (Å²) in [6.07, 6.45) is 0.476. The summed E-state index contributed by atoms with van der Waals surface area (Å²) in [5, 5.41) is 22.7. The smallest absolute Gasteiger partial charge is 0.303 e. The first kappa shape index (κ1) is 18.5. The normalized spacial score (nSPS) is 13.2. The minimum Gasteiger partial charge on any atom is -0.481 e. The van der Waals surface area contributed by atoms with Crippen molar-refractivity contribution >= 4 is 11.9 Å². The Bertz CT molecular complexity index is 749. The number of aryl methyl sites for hydroxylation is 1. The third-order valence-corrected chi connectivity index (χ3v) is 3.75. The average molecular weight is 349 g/mol. The number of carboxylic acid groups (broad SMARTS) is 1. The first-order valence-electron chi connectivity index (χ1n) is 7.88. The third kappa shape index (κ3) is 5.33. The molecule has 9 heteroatoms. The van der Waals surface area contributed by atoms with Crippen molar-refractivity contribution in [3.8, 4) is 0 Å². The van der Waals surface area contributed by atoms with Crippen LogP contribution < -0.4 is 5.32 Å². The van der Waals surface area contributed by atoms with Crippen molar-refractivity contribution in [1.82, 2.24) is 25.5 Å². The van der Waals surface area contributed by atoms with E-state index in [0.717, 1.165) is 0 Å². The summed E-state index contributed by atoms with van der Waals surface area (Å²) >= 11 is 0. The van der Waals surface area contributed by atoms with Gasteiger partial charge in [-0.25, -0.2) is 9.07 Å². The average Bonchev–Trinajstić information content (AvgIpc) is 2.96. The molecular weight excluding hydrogens is 329 g/mol. The molecule has 2 aromatic rings. The van der Waals surface area contributed by atoms with Crippen LogP contribution >= 0.6 is 0 Å². The lowest BCUT2D eigenvalue weighted by molar-refractivity contribution is -0.137. The number of nitrogens with zero attached hydrogens (tertiary/aromatic N) is 4. The molecule has 2 N–H and O–H groups in total. The Morgan fingerprint density at radius 2 is 2.16 bits per heavy atom. The molecule has 1 amide bonds. The molecule has 0 bridgehead atoms. The predicted octanol–water partition coefficient (Wildman–Crippen LogP) is 1.27. The molecule has 0 saturated carbocycles. The van der Waals surface area contributed by atoms with Crippen LogP contribution in [0.2, 0.25) is 0 Å². The van der Waals surface area contributed by atoms with Crippen molar-refractivity contribution in [2.45, 2.75) is 45.2 Å². The summed E-state index contributed by atoms with van der Waals surface area (Å²) in [5.74, 6) is -1.21. The standard InChI is InChI=1S/C16H20FN5O3/c1-10(6-7-15(23)24)18-16(25)14(22-11(2)19-20-21-22)9-12-4-3-5-13(17)8-12/h3-5,8,10,14H,6-7,9H2,1-2H3,(H,18,25)(H,23,24). The van der Waals surface area contributed by atoms with Gasteiger partial charge in [-0.15, -0.1) is 5.10 Å². The highest BCUT2D eigenvalue weighted by Crippen LogP contribution is 2.16. The Balaban J connectivity index is 2.15. The summed E-state index contributed by atoms with van der Waals surface area (Å²) in [6.45, 7) is 3.40. The van der Waals surface area contributed by atoms with E-state index < -0.39 is 12.0 Å². The fourth-order valence-electron chi connectivity index (χ4n) is 2.45. The molecule has 2 rings (SSSR count). The molecule has 0 saturated heterocycles. The quantitative estimate of drug-likeness (QED) is 0.743. The van der Waals surface area contributed by atoms with E-state index in [2.05, 4.69) is 20.8 Å². The van der Waals surface area contributed by atoms with Crippen LogP contribution in [0.25, 0.3) is 0 Å². The number of amides is 1. The van der Waals surface area contributed by atoms with Gasteiger partial charge in [-0.1, -0.05) is 12.1 Å². The number of rotatable bonds is 8. The molecule has 1 aromatic heterocycles. The van der Waals surface area contributed by atoms with E-state index in [-0.39, 0.29) is 30.6 Å². The van der Waals surface area contributed by atoms with E-state index in [9.17, 15) is 14.0 Å². The predicted molar refractivity (Wildman–Crippen MR) is 86.2 cm³/mol. The van der Waals surface area contributed by atoms with Gasteiger partial charge in [0.25, 0.3) is 0 Å². The highest BCUT2D eigenvalue weighted by Gasteiger charge is 2.25. The Morgan fingerprint density at radius 1 is 1.40 bits per heavy atom. The highest BCUT2D eigenvalue weighted by molar-refractivity contribution is 5.81. The number of carbonyl (C=O) groups excluding carboxylic acids is 1. The zero-order valence-corrected chi connectivity index (χ0v) is 14.0. The SMILES string of the molecule is Cc1nnnn1C(Cc1cccc(F)c1)C(=O)NC(C)CCC(=O)O. The van der Waals surface area contributed by atoms with Gasteiger partial charge in [0, 0.05) is 18.9 Å². The lowest BCUT2D eigenvalue weighted by Crippen LogP contribution is -2.40. The maximum atomic E-state index is 13.4. The second-order valence-corrected chi connectivity index (χ2v) is 5.86. The first-order chi connectivity index (χ1) is 11.9. The summed E-state index contributed by atoms with van der Waals surface area (Å²) in [6, 6.07) is 4.89. The molecule has 2 unspecified atom stereocenters. The molecular formula is C16H20FN5O3. The lowest BCUT2D eigenvalue weighted by Gasteiger charge is -2.20. The van der Waals surface area contributed by atoms with Crippen LogP contribution in [0.15, 0.2) is 24.3 Å². The number of halogens is 1. The molecule has 25 heavy (non-hydrogen) atoms. The largest absolute Gasteiger partial charge is 0.481 e. The molecule has 0 aliphatic heterocycles. The number of nitrogens with one attached hydrogen (secondary N) is 1. The van der Waals surface area contributed by atoms with Crippen molar-refractivity contribution in [3.05, 3.63) is 41.5 Å². The maximum absolute atomic E-state index is 13.4. The van der Waals surface area contributed by atoms with Crippen molar-refractivity contribution in [1.29, 1.82) is 0 Å². The molecule has 0 aliphatic rings. The van der Waals surface area contributed by atoms with Crippen molar-refractivity contribution in [3.63, 3.8) is 0 Å². The van der Waals surface area contributed by atoms with E-state index in [1.165, 1.54) is 16.8 Å². The molecule has 2 atom stereocenters. The van der Waals surface area contributed by atoms with Crippen molar-refractivity contribution in [2.75, 3.05) is 0 Å². The minimum atomic E-state index is -0.922. The number of hydrogen-bond acceptors (Lipinski definition) is 5. The van der Waals surface area contributed by atoms with Crippen LogP contribution in [0.5, 0.6) is 0 Å². The van der Waals surface area contributed by atoms with Crippen LogP contribution in [0.4, 0.5) is 4.39 Å². The molecule has 8 nitrogen and oxygen atoms in total. The second kappa shape index (κ2) is 8.32. The summed E-state index contributed by atoms with van der Waals surface area (Å²) in [7, 11) is 0. The van der Waals surface area contributed by atoms with Gasteiger partial charge < -0.3 is 10.4 Å². The highest BCUT2D eigenvalue weighted by atomic mass is 19.1. The van der Waals surface area contributed by atoms with Crippen LogP contribution in [0.1, 0.15) is 37.2 Å². The fourth-order valence-corrected chi connectivity index (χ4v) is 2.45. The van der Waals surface area contributed by atoms with Crippen LogP contribution in [-0.2, 0) is 16.0 Å². The van der Waals surface area contributed by atoms with Crippen LogP contribution in [0.3, 0.4) is 0 Å². The van der Waals surface area contributed by atoms with Crippen molar-refractivity contribution < 1.29 is 19.1 Å². The monoisotopic (exact) mass is 349 g/mol. The second-order valence-electron chi connectivity index (χ2n) is 5.86. The maximum Gasteiger partial charge on any atom is 0.303 e. The minimum absolute atomic E-state index is 0.0417. The number of carbonyl (C=O) groups is 2. The zero-order chi connectivity index (χ0) is 18.4. The van der Waals surface area contributed by atoms with Gasteiger partial charge >= 0.3 is 5.97 Å². The third-order valence-electron chi connectivity index (χ3n) is 3.75. The topological polar surface area (TPSA) is 110 Å². The van der Waals surface area contributed by atoms with Gasteiger partial charge in [-0.3, -0.25) is 9.59 Å². The van der Waals surface area contributed by atoms with Gasteiger partial charge in [0.05, 0.1) is 0 Å². The Labute approximate surface area is 144 Å². The van der Waals surface area contributed by atoms with E-state index in [1.54, 1.807) is 26.0 Å². The molecule has 0 aliphatic carbocycles. The van der Waals surface area contributed by atoms with E-state index in [1.807, 2.05) is 0 Å². The zero-order valence-electron chi connectivity index (χ0n) is 14.0. The Kier molecular flexibility index (Phi) is 6.15. The van der Waals surface area contributed by atoms with Gasteiger partial charge in [0.1, 0.15) is 17.7 Å². The van der Waals surface area contributed by atoms with Gasteiger partial charge in [-0.05, 0) is 48.4 Å². The fraction of sp³-hybridized carbons (Fsp3) is 0.438. The molecule has 0 radical (unpaired) electrons. The van der Waals surface area contributed by atoms with E-state index in [0.29, 0.717) is 17.8 Å². The molecule has 0 spiro atoms. The number of aliphatic carboxylic acids is 1. The first-order valence-corrected chi connectivity index (χ1v) is 7.88. The Hall–Kier alpha value is -2.84. The lowest BCUT2D eigenvalue weighted by atomic mass is 10.0. The van der Waals surface area contributed by atoms with E-state index in [4.69, 9.17) is 5.11 Å². The number of aromatic nitrogens is 4. The molecule has 134 valence electrons. The summed E-state index contributed by atoms with van der Waals surface area (Å²) in [5.41, 5.74) is 0.633. The molecule has 1 aromatic carbocycles. The number of benzene rings is 1. The molecule has 0 fully saturated rings. The van der Waals surface area contributed by atoms with Gasteiger partial charge in [-0.2, -0.15) is 0 Å².